The normalized spacial score (nSPS) is 14.1. The third kappa shape index (κ3) is 3.72. The van der Waals surface area contributed by atoms with Crippen molar-refractivity contribution in [2.24, 2.45) is 0 Å². The maximum Gasteiger partial charge on any atom is 0.409 e. The second-order valence-corrected chi connectivity index (χ2v) is 7.23. The lowest BCUT2D eigenvalue weighted by Gasteiger charge is -2.04. The van der Waals surface area contributed by atoms with E-state index >= 15 is 0 Å². The Hall–Kier alpha value is -4.72. The number of nitrogens with zero attached hydrogens (tertiary/aromatic N) is 2. The van der Waals surface area contributed by atoms with Gasteiger partial charge in [0.1, 0.15) is 0 Å². The number of carboxylic acid groups (broad SMARTS) is 1. The summed E-state index contributed by atoms with van der Waals surface area (Å²) in [5.74, 6) is -0.238. The summed E-state index contributed by atoms with van der Waals surface area (Å²) in [6.45, 7) is 0. The van der Waals surface area contributed by atoms with Crippen molar-refractivity contribution in [3.8, 4) is 0 Å². The van der Waals surface area contributed by atoms with Gasteiger partial charge in [-0.25, -0.2) is 4.79 Å². The van der Waals surface area contributed by atoms with Crippen molar-refractivity contribution >= 4 is 58.1 Å². The van der Waals surface area contributed by atoms with Crippen LogP contribution < -0.4 is 10.6 Å². The zero-order chi connectivity index (χ0) is 22.1. The summed E-state index contributed by atoms with van der Waals surface area (Å²) >= 11 is 0. The number of benzene rings is 2. The van der Waals surface area contributed by atoms with Crippen molar-refractivity contribution in [1.82, 2.24) is 15.2 Å². The topological polar surface area (TPSA) is 120 Å². The van der Waals surface area contributed by atoms with Crippen LogP contribution in [0.15, 0.2) is 60.9 Å². The van der Waals surface area contributed by atoms with Crippen LogP contribution in [0.25, 0.3) is 34.7 Å². The second kappa shape index (κ2) is 7.84. The molecule has 4 aromatic rings. The SMILES string of the molecule is O=C(O)Nc1ccc2c(c1)/C(=C\c1ccc3c(/C=C/c4ccncc4)n[nH]c3c1)C(=O)N2. The average molecular weight is 423 g/mol. The number of rotatable bonds is 4. The number of aromatic nitrogens is 3. The van der Waals surface area contributed by atoms with Crippen molar-refractivity contribution < 1.29 is 14.7 Å². The first-order chi connectivity index (χ1) is 15.6. The molecule has 5 rings (SSSR count). The lowest BCUT2D eigenvalue weighted by Crippen LogP contribution is -2.07. The Balaban J connectivity index is 1.47. The zero-order valence-corrected chi connectivity index (χ0v) is 16.7. The number of H-pyrrole nitrogens is 1. The third-order valence-corrected chi connectivity index (χ3v) is 5.12. The van der Waals surface area contributed by atoms with E-state index in [1.807, 2.05) is 42.5 Å². The molecule has 1 aliphatic rings. The van der Waals surface area contributed by atoms with Crippen molar-refractivity contribution in [2.75, 3.05) is 10.6 Å². The molecule has 0 atom stereocenters. The lowest BCUT2D eigenvalue weighted by molar-refractivity contribution is -0.110. The van der Waals surface area contributed by atoms with Crippen LogP contribution in [0.1, 0.15) is 22.4 Å². The number of anilines is 2. The van der Waals surface area contributed by atoms with Gasteiger partial charge in [0.05, 0.1) is 11.2 Å². The van der Waals surface area contributed by atoms with E-state index in [4.69, 9.17) is 5.11 Å². The highest BCUT2D eigenvalue weighted by Gasteiger charge is 2.24. The van der Waals surface area contributed by atoms with Gasteiger partial charge in [0.25, 0.3) is 5.91 Å². The number of hydrogen-bond acceptors (Lipinski definition) is 4. The fourth-order valence-corrected chi connectivity index (χ4v) is 3.62. The van der Waals surface area contributed by atoms with E-state index in [0.29, 0.717) is 22.5 Å². The van der Waals surface area contributed by atoms with Crippen molar-refractivity contribution in [2.45, 2.75) is 0 Å². The van der Waals surface area contributed by atoms with Crippen molar-refractivity contribution in [3.63, 3.8) is 0 Å². The molecule has 32 heavy (non-hydrogen) atoms. The molecule has 0 bridgehead atoms. The average Bonchev–Trinajstić information content (AvgIpc) is 3.33. The van der Waals surface area contributed by atoms with Gasteiger partial charge in [0, 0.05) is 40.3 Å². The molecule has 2 aromatic heterocycles. The molecule has 156 valence electrons. The minimum absolute atomic E-state index is 0.238. The molecule has 0 fully saturated rings. The number of hydrogen-bond donors (Lipinski definition) is 4. The number of fused-ring (bicyclic) bond motifs is 2. The number of carbonyl (C=O) groups is 2. The maximum atomic E-state index is 12.5. The van der Waals surface area contributed by atoms with Crippen LogP contribution in [0.3, 0.4) is 0 Å². The van der Waals surface area contributed by atoms with Crippen LogP contribution in [-0.4, -0.2) is 32.3 Å². The van der Waals surface area contributed by atoms with Crippen LogP contribution in [0.2, 0.25) is 0 Å². The Morgan fingerprint density at radius 3 is 2.66 bits per heavy atom. The molecule has 0 unspecified atom stereocenters. The molecule has 2 amide bonds. The van der Waals surface area contributed by atoms with Gasteiger partial charge in [0.15, 0.2) is 0 Å². The molecular formula is C24H17N5O3. The Morgan fingerprint density at radius 2 is 1.84 bits per heavy atom. The van der Waals surface area contributed by atoms with E-state index in [1.54, 1.807) is 36.7 Å². The molecule has 2 aromatic carbocycles. The number of nitrogens with one attached hydrogen (secondary N) is 3. The van der Waals surface area contributed by atoms with E-state index in [2.05, 4.69) is 25.8 Å². The van der Waals surface area contributed by atoms with Crippen molar-refractivity contribution in [3.05, 3.63) is 83.3 Å². The van der Waals surface area contributed by atoms with Gasteiger partial charge in [-0.05, 0) is 65.7 Å². The third-order valence-electron chi connectivity index (χ3n) is 5.12. The van der Waals surface area contributed by atoms with Gasteiger partial charge in [0.2, 0.25) is 0 Å². The second-order valence-electron chi connectivity index (χ2n) is 7.23. The monoisotopic (exact) mass is 423 g/mol. The van der Waals surface area contributed by atoms with E-state index in [0.717, 1.165) is 27.7 Å². The van der Waals surface area contributed by atoms with E-state index in [1.165, 1.54) is 0 Å². The summed E-state index contributed by atoms with van der Waals surface area (Å²) in [6.07, 6.45) is 7.99. The molecule has 8 heteroatoms. The number of carbonyl (C=O) groups excluding carboxylic acids is 1. The van der Waals surface area contributed by atoms with Crippen LogP contribution in [0.4, 0.5) is 16.2 Å². The summed E-state index contributed by atoms with van der Waals surface area (Å²) in [7, 11) is 0. The van der Waals surface area contributed by atoms with Crippen molar-refractivity contribution in [1.29, 1.82) is 0 Å². The highest BCUT2D eigenvalue weighted by Crippen LogP contribution is 2.35. The Kier molecular flexibility index (Phi) is 4.72. The molecule has 0 radical (unpaired) electrons. The van der Waals surface area contributed by atoms with Crippen LogP contribution in [0, 0.1) is 0 Å². The molecule has 1 aliphatic heterocycles. The summed E-state index contributed by atoms with van der Waals surface area (Å²) in [6, 6.07) is 14.5. The highest BCUT2D eigenvalue weighted by molar-refractivity contribution is 6.35. The quantitative estimate of drug-likeness (QED) is 0.354. The summed E-state index contributed by atoms with van der Waals surface area (Å²) in [5, 5.41) is 22.4. The Labute approximate surface area is 182 Å². The van der Waals surface area contributed by atoms with Crippen LogP contribution in [0.5, 0.6) is 0 Å². The van der Waals surface area contributed by atoms with Crippen LogP contribution >= 0.6 is 0 Å². The first-order valence-electron chi connectivity index (χ1n) is 9.80. The molecule has 0 aliphatic carbocycles. The minimum atomic E-state index is -1.16. The van der Waals surface area contributed by atoms with E-state index in [-0.39, 0.29) is 5.91 Å². The highest BCUT2D eigenvalue weighted by atomic mass is 16.4. The molecule has 0 saturated carbocycles. The molecule has 4 N–H and O–H groups in total. The Bertz CT molecular complexity index is 1420. The van der Waals surface area contributed by atoms with E-state index < -0.39 is 6.09 Å². The molecular weight excluding hydrogens is 406 g/mol. The standard InChI is InChI=1S/C24H17N5O3/c30-23-19(18-13-16(26-24(31)32)3-6-20(18)27-23)11-15-1-4-17-21(28-29-22(17)12-15)5-2-14-7-9-25-10-8-14/h1-13,26H,(H,27,30)(H,28,29)(H,31,32)/b5-2+,19-11+. The fraction of sp³-hybridized carbons (Fsp3) is 0. The maximum absolute atomic E-state index is 12.5. The number of amides is 2. The van der Waals surface area contributed by atoms with Gasteiger partial charge in [-0.1, -0.05) is 12.1 Å². The van der Waals surface area contributed by atoms with Gasteiger partial charge >= 0.3 is 6.09 Å². The summed E-state index contributed by atoms with van der Waals surface area (Å²) < 4.78 is 0. The minimum Gasteiger partial charge on any atom is -0.465 e. The number of pyridine rings is 1. The number of aromatic amines is 1. The van der Waals surface area contributed by atoms with Gasteiger partial charge < -0.3 is 10.4 Å². The smallest absolute Gasteiger partial charge is 0.409 e. The van der Waals surface area contributed by atoms with Gasteiger partial charge in [-0.15, -0.1) is 0 Å². The molecule has 0 spiro atoms. The Morgan fingerprint density at radius 1 is 1.00 bits per heavy atom. The zero-order valence-electron chi connectivity index (χ0n) is 16.7. The van der Waals surface area contributed by atoms with Gasteiger partial charge in [-0.3, -0.25) is 20.2 Å². The lowest BCUT2D eigenvalue weighted by atomic mass is 10.0. The largest absolute Gasteiger partial charge is 0.465 e. The van der Waals surface area contributed by atoms with E-state index in [9.17, 15) is 9.59 Å². The molecule has 8 nitrogen and oxygen atoms in total. The predicted octanol–water partition coefficient (Wildman–Crippen LogP) is 4.71. The fourth-order valence-electron chi connectivity index (χ4n) is 3.62. The first kappa shape index (κ1) is 19.3. The predicted molar refractivity (Wildman–Crippen MR) is 124 cm³/mol. The molecule has 0 saturated heterocycles. The van der Waals surface area contributed by atoms with Gasteiger partial charge in [-0.2, -0.15) is 5.10 Å². The van der Waals surface area contributed by atoms with Crippen LogP contribution in [-0.2, 0) is 4.79 Å². The molecule has 3 heterocycles. The summed E-state index contributed by atoms with van der Waals surface area (Å²) in [4.78, 5) is 27.5. The first-order valence-corrected chi connectivity index (χ1v) is 9.80. The summed E-state index contributed by atoms with van der Waals surface area (Å²) in [5.41, 5.74) is 5.65.